The summed E-state index contributed by atoms with van der Waals surface area (Å²) in [5.74, 6) is 0. The van der Waals surface area contributed by atoms with Crippen molar-refractivity contribution in [3.8, 4) is 0 Å². The summed E-state index contributed by atoms with van der Waals surface area (Å²) in [6.45, 7) is 3.63. The quantitative estimate of drug-likeness (QED) is 0.850. The Kier molecular flexibility index (Phi) is 3.23. The van der Waals surface area contributed by atoms with Crippen LogP contribution in [-0.2, 0) is 4.74 Å². The normalized spacial score (nSPS) is 23.4. The fourth-order valence-corrected chi connectivity index (χ4v) is 2.66. The van der Waals surface area contributed by atoms with Crippen molar-refractivity contribution in [2.75, 3.05) is 25.1 Å². The highest BCUT2D eigenvalue weighted by Gasteiger charge is 2.24. The van der Waals surface area contributed by atoms with Gasteiger partial charge in [0.15, 0.2) is 5.13 Å². The van der Waals surface area contributed by atoms with Gasteiger partial charge in [-0.3, -0.25) is 0 Å². The van der Waals surface area contributed by atoms with Crippen LogP contribution in [0.15, 0.2) is 5.38 Å². The summed E-state index contributed by atoms with van der Waals surface area (Å²) in [4.78, 5) is 6.61. The number of nitrogens with zero attached hydrogens (tertiary/aromatic N) is 2. The number of aliphatic hydroxyl groups excluding tert-OH is 1. The maximum atomic E-state index is 9.38. The van der Waals surface area contributed by atoms with Crippen molar-refractivity contribution in [1.82, 2.24) is 4.98 Å². The molecule has 2 rings (SSSR count). The van der Waals surface area contributed by atoms with E-state index in [1.165, 1.54) is 0 Å². The van der Waals surface area contributed by atoms with E-state index in [2.05, 4.69) is 9.88 Å². The van der Waals surface area contributed by atoms with Crippen LogP contribution in [0.25, 0.3) is 0 Å². The molecular formula is C10H16N2O2S. The van der Waals surface area contributed by atoms with Crippen molar-refractivity contribution in [3.63, 3.8) is 0 Å². The molecule has 1 fully saturated rings. The smallest absolute Gasteiger partial charge is 0.185 e. The van der Waals surface area contributed by atoms with Crippen molar-refractivity contribution in [2.45, 2.75) is 25.6 Å². The molecule has 1 aliphatic rings. The van der Waals surface area contributed by atoms with Crippen LogP contribution in [-0.4, -0.2) is 36.4 Å². The Morgan fingerprint density at radius 1 is 1.73 bits per heavy atom. The van der Waals surface area contributed by atoms with Gasteiger partial charge in [-0.25, -0.2) is 4.98 Å². The summed E-state index contributed by atoms with van der Waals surface area (Å²) in [6, 6.07) is 0. The van der Waals surface area contributed by atoms with E-state index in [9.17, 15) is 5.11 Å². The molecule has 2 heterocycles. The van der Waals surface area contributed by atoms with Crippen LogP contribution in [0.4, 0.5) is 5.13 Å². The fourth-order valence-electron chi connectivity index (χ4n) is 1.71. The number of aromatic nitrogens is 1. The van der Waals surface area contributed by atoms with E-state index in [1.54, 1.807) is 25.4 Å². The Morgan fingerprint density at radius 3 is 3.07 bits per heavy atom. The van der Waals surface area contributed by atoms with Gasteiger partial charge >= 0.3 is 0 Å². The second-order valence-corrected chi connectivity index (χ2v) is 4.66. The number of rotatable bonds is 3. The van der Waals surface area contributed by atoms with E-state index in [0.29, 0.717) is 6.10 Å². The molecule has 15 heavy (non-hydrogen) atoms. The summed E-state index contributed by atoms with van der Waals surface area (Å²) in [5.41, 5.74) is 0.760. The molecular weight excluding hydrogens is 212 g/mol. The lowest BCUT2D eigenvalue weighted by Gasteiger charge is -2.14. The molecule has 0 bridgehead atoms. The molecule has 0 spiro atoms. The molecule has 5 heteroatoms. The standard InChI is InChI=1S/C10H16N2O2S/c1-7(13)9-6-15-10(11-9)12-4-3-8(5-12)14-2/h6-8,13H,3-5H2,1-2H3. The van der Waals surface area contributed by atoms with E-state index in [0.717, 1.165) is 30.3 Å². The van der Waals surface area contributed by atoms with Gasteiger partial charge in [-0.05, 0) is 13.3 Å². The van der Waals surface area contributed by atoms with Gasteiger partial charge in [0.1, 0.15) is 0 Å². The lowest BCUT2D eigenvalue weighted by atomic mass is 10.3. The summed E-state index contributed by atoms with van der Waals surface area (Å²) >= 11 is 1.59. The third-order valence-corrected chi connectivity index (χ3v) is 3.61. The predicted octanol–water partition coefficient (Wildman–Crippen LogP) is 1.42. The minimum atomic E-state index is -0.476. The third kappa shape index (κ3) is 2.30. The molecule has 0 amide bonds. The first-order chi connectivity index (χ1) is 7.20. The second kappa shape index (κ2) is 4.47. The van der Waals surface area contributed by atoms with Crippen molar-refractivity contribution in [1.29, 1.82) is 0 Å². The maximum Gasteiger partial charge on any atom is 0.185 e. The monoisotopic (exact) mass is 228 g/mol. The average Bonchev–Trinajstić information content (AvgIpc) is 2.86. The zero-order valence-corrected chi connectivity index (χ0v) is 9.83. The van der Waals surface area contributed by atoms with Crippen LogP contribution < -0.4 is 4.90 Å². The molecule has 1 aliphatic heterocycles. The summed E-state index contributed by atoms with van der Waals surface area (Å²) in [7, 11) is 1.75. The van der Waals surface area contributed by atoms with E-state index in [1.807, 2.05) is 5.38 Å². The molecule has 0 saturated carbocycles. The molecule has 0 aliphatic carbocycles. The highest BCUT2D eigenvalue weighted by molar-refractivity contribution is 7.13. The van der Waals surface area contributed by atoms with Gasteiger partial charge in [-0.1, -0.05) is 0 Å². The Hall–Kier alpha value is -0.650. The van der Waals surface area contributed by atoms with Crippen molar-refractivity contribution in [3.05, 3.63) is 11.1 Å². The number of ether oxygens (including phenoxy) is 1. The summed E-state index contributed by atoms with van der Waals surface area (Å²) in [5, 5.41) is 12.3. The number of thiazole rings is 1. The van der Waals surface area contributed by atoms with Gasteiger partial charge in [0.05, 0.1) is 17.9 Å². The highest BCUT2D eigenvalue weighted by Crippen LogP contribution is 2.27. The number of hydrogen-bond donors (Lipinski definition) is 1. The van der Waals surface area contributed by atoms with Crippen LogP contribution in [0, 0.1) is 0 Å². The number of aliphatic hydroxyl groups is 1. The molecule has 0 radical (unpaired) electrons. The van der Waals surface area contributed by atoms with Gasteiger partial charge in [-0.15, -0.1) is 11.3 Å². The van der Waals surface area contributed by atoms with Gasteiger partial charge in [0.2, 0.25) is 0 Å². The Balaban J connectivity index is 2.04. The first-order valence-electron chi connectivity index (χ1n) is 5.12. The molecule has 84 valence electrons. The van der Waals surface area contributed by atoms with Crippen LogP contribution >= 0.6 is 11.3 Å². The third-order valence-electron chi connectivity index (χ3n) is 2.69. The molecule has 4 nitrogen and oxygen atoms in total. The predicted molar refractivity (Wildman–Crippen MR) is 60.4 cm³/mol. The van der Waals surface area contributed by atoms with Gasteiger partial charge in [0, 0.05) is 25.6 Å². The number of anilines is 1. The zero-order chi connectivity index (χ0) is 10.8. The van der Waals surface area contributed by atoms with Gasteiger partial charge in [-0.2, -0.15) is 0 Å². The molecule has 0 aromatic carbocycles. The Bertz CT molecular complexity index is 327. The average molecular weight is 228 g/mol. The number of methoxy groups -OCH3 is 1. The Labute approximate surface area is 93.5 Å². The van der Waals surface area contributed by atoms with E-state index in [-0.39, 0.29) is 0 Å². The molecule has 1 N–H and O–H groups in total. The molecule has 1 aromatic heterocycles. The lowest BCUT2D eigenvalue weighted by Crippen LogP contribution is -2.22. The number of hydrogen-bond acceptors (Lipinski definition) is 5. The molecule has 1 saturated heterocycles. The van der Waals surface area contributed by atoms with E-state index < -0.39 is 6.10 Å². The SMILES string of the molecule is COC1CCN(c2nc(C(C)O)cs2)C1. The van der Waals surface area contributed by atoms with Crippen LogP contribution in [0.3, 0.4) is 0 Å². The molecule has 2 unspecified atom stereocenters. The topological polar surface area (TPSA) is 45.6 Å². The lowest BCUT2D eigenvalue weighted by molar-refractivity contribution is 0.121. The van der Waals surface area contributed by atoms with Gasteiger partial charge in [0.25, 0.3) is 0 Å². The van der Waals surface area contributed by atoms with Crippen LogP contribution in [0.2, 0.25) is 0 Å². The highest BCUT2D eigenvalue weighted by atomic mass is 32.1. The fraction of sp³-hybridized carbons (Fsp3) is 0.700. The van der Waals surface area contributed by atoms with Gasteiger partial charge < -0.3 is 14.7 Å². The van der Waals surface area contributed by atoms with Crippen molar-refractivity contribution >= 4 is 16.5 Å². The van der Waals surface area contributed by atoms with Crippen molar-refractivity contribution < 1.29 is 9.84 Å². The zero-order valence-electron chi connectivity index (χ0n) is 9.01. The first-order valence-corrected chi connectivity index (χ1v) is 6.00. The van der Waals surface area contributed by atoms with Crippen LogP contribution in [0.1, 0.15) is 25.1 Å². The summed E-state index contributed by atoms with van der Waals surface area (Å²) < 4.78 is 5.30. The van der Waals surface area contributed by atoms with E-state index >= 15 is 0 Å². The molecule has 1 aromatic rings. The van der Waals surface area contributed by atoms with E-state index in [4.69, 9.17) is 4.74 Å². The first kappa shape index (κ1) is 10.9. The molecule has 2 atom stereocenters. The largest absolute Gasteiger partial charge is 0.387 e. The minimum absolute atomic E-state index is 0.323. The minimum Gasteiger partial charge on any atom is -0.387 e. The maximum absolute atomic E-state index is 9.38. The van der Waals surface area contributed by atoms with Crippen LogP contribution in [0.5, 0.6) is 0 Å². The summed E-state index contributed by atoms with van der Waals surface area (Å²) in [6.07, 6.45) is 0.903. The Morgan fingerprint density at radius 2 is 2.53 bits per heavy atom. The van der Waals surface area contributed by atoms with Crippen molar-refractivity contribution in [2.24, 2.45) is 0 Å². The second-order valence-electron chi connectivity index (χ2n) is 3.82.